The molecule has 0 bridgehead atoms. The molecule has 0 aliphatic carbocycles. The summed E-state index contributed by atoms with van der Waals surface area (Å²) in [5.41, 5.74) is 3.70. The highest BCUT2D eigenvalue weighted by Crippen LogP contribution is 2.29. The number of carbonyl (C=O) groups excluding carboxylic acids is 2. The summed E-state index contributed by atoms with van der Waals surface area (Å²) in [5, 5.41) is 23.5. The SMILES string of the molecule is CCCCCCC(CC(=O)OCc1ccccc1)[C@H](O)C(CC)C(=O)Nc1c(C)cc(C#N)cc1C. The van der Waals surface area contributed by atoms with Gasteiger partial charge in [0, 0.05) is 5.69 Å². The number of aliphatic hydroxyl groups is 1. The zero-order valence-electron chi connectivity index (χ0n) is 22.0. The predicted molar refractivity (Wildman–Crippen MR) is 142 cm³/mol. The fourth-order valence-corrected chi connectivity index (χ4v) is 4.59. The Labute approximate surface area is 215 Å². The van der Waals surface area contributed by atoms with Gasteiger partial charge in [0.1, 0.15) is 6.61 Å². The fourth-order valence-electron chi connectivity index (χ4n) is 4.59. The second-order valence-corrected chi connectivity index (χ2v) is 9.55. The summed E-state index contributed by atoms with van der Waals surface area (Å²) < 4.78 is 5.48. The van der Waals surface area contributed by atoms with Crippen LogP contribution in [0.1, 0.15) is 81.0 Å². The summed E-state index contributed by atoms with van der Waals surface area (Å²) in [7, 11) is 0. The van der Waals surface area contributed by atoms with Crippen LogP contribution in [0.25, 0.3) is 0 Å². The van der Waals surface area contributed by atoms with E-state index < -0.39 is 12.0 Å². The molecular weight excluding hydrogens is 452 g/mol. The Hall–Kier alpha value is -3.17. The number of aryl methyl sites for hydroxylation is 2. The fraction of sp³-hybridized carbons (Fsp3) is 0.500. The van der Waals surface area contributed by atoms with E-state index in [1.54, 1.807) is 12.1 Å². The molecule has 0 radical (unpaired) electrons. The minimum Gasteiger partial charge on any atom is -0.461 e. The smallest absolute Gasteiger partial charge is 0.306 e. The van der Waals surface area contributed by atoms with Gasteiger partial charge in [-0.15, -0.1) is 0 Å². The van der Waals surface area contributed by atoms with Crippen molar-refractivity contribution in [1.29, 1.82) is 5.26 Å². The van der Waals surface area contributed by atoms with Crippen molar-refractivity contribution in [3.05, 3.63) is 64.7 Å². The number of benzene rings is 2. The third kappa shape index (κ3) is 8.80. The zero-order valence-corrected chi connectivity index (χ0v) is 22.0. The minimum absolute atomic E-state index is 0.0683. The first kappa shape index (κ1) is 29.1. The molecule has 0 aliphatic heterocycles. The van der Waals surface area contributed by atoms with Crippen LogP contribution in [-0.2, 0) is 20.9 Å². The lowest BCUT2D eigenvalue weighted by Crippen LogP contribution is -2.38. The molecule has 0 aliphatic rings. The van der Waals surface area contributed by atoms with E-state index >= 15 is 0 Å². The summed E-state index contributed by atoms with van der Waals surface area (Å²) in [6, 6.07) is 15.1. The van der Waals surface area contributed by atoms with E-state index in [0.29, 0.717) is 24.1 Å². The Kier molecular flexibility index (Phi) is 12.2. The average Bonchev–Trinajstić information content (AvgIpc) is 2.87. The number of unbranched alkanes of at least 4 members (excludes halogenated alkanes) is 3. The van der Waals surface area contributed by atoms with E-state index in [1.165, 1.54) is 0 Å². The van der Waals surface area contributed by atoms with Gasteiger partial charge in [-0.2, -0.15) is 5.26 Å². The van der Waals surface area contributed by atoms with Crippen LogP contribution in [0, 0.1) is 37.0 Å². The highest BCUT2D eigenvalue weighted by molar-refractivity contribution is 5.94. The maximum atomic E-state index is 13.3. The number of hydrogen-bond donors (Lipinski definition) is 2. The van der Waals surface area contributed by atoms with Gasteiger partial charge in [-0.1, -0.05) is 69.9 Å². The molecule has 1 amide bonds. The minimum atomic E-state index is -0.972. The number of nitrogens with zero attached hydrogens (tertiary/aromatic N) is 1. The molecule has 194 valence electrons. The first-order chi connectivity index (χ1) is 17.3. The molecule has 0 spiro atoms. The summed E-state index contributed by atoms with van der Waals surface area (Å²) in [4.78, 5) is 26.0. The number of nitrogens with one attached hydrogen (secondary N) is 1. The van der Waals surface area contributed by atoms with Gasteiger partial charge >= 0.3 is 5.97 Å². The van der Waals surface area contributed by atoms with Crippen molar-refractivity contribution in [2.24, 2.45) is 11.8 Å². The molecular formula is C30H40N2O4. The molecule has 0 saturated heterocycles. The highest BCUT2D eigenvalue weighted by atomic mass is 16.5. The van der Waals surface area contributed by atoms with Crippen LogP contribution in [0.4, 0.5) is 5.69 Å². The van der Waals surface area contributed by atoms with Crippen molar-refractivity contribution in [1.82, 2.24) is 0 Å². The van der Waals surface area contributed by atoms with Crippen molar-refractivity contribution in [2.45, 2.75) is 85.4 Å². The second kappa shape index (κ2) is 15.1. The molecule has 2 rings (SSSR count). The Balaban J connectivity index is 2.12. The number of hydrogen-bond acceptors (Lipinski definition) is 5. The predicted octanol–water partition coefficient (Wildman–Crippen LogP) is 6.22. The maximum Gasteiger partial charge on any atom is 0.306 e. The van der Waals surface area contributed by atoms with Gasteiger partial charge in [0.25, 0.3) is 0 Å². The number of amides is 1. The van der Waals surface area contributed by atoms with Crippen molar-refractivity contribution >= 4 is 17.6 Å². The summed E-state index contributed by atoms with van der Waals surface area (Å²) in [6.45, 7) is 7.89. The molecule has 2 aromatic rings. The molecule has 0 aromatic heterocycles. The van der Waals surface area contributed by atoms with Gasteiger partial charge in [0.15, 0.2) is 0 Å². The van der Waals surface area contributed by atoms with Crippen molar-refractivity contribution in [3.63, 3.8) is 0 Å². The Bertz CT molecular complexity index is 1010. The third-order valence-electron chi connectivity index (χ3n) is 6.68. The van der Waals surface area contributed by atoms with Crippen molar-refractivity contribution in [2.75, 3.05) is 5.32 Å². The van der Waals surface area contributed by atoms with E-state index in [4.69, 9.17) is 4.74 Å². The molecule has 0 fully saturated rings. The summed E-state index contributed by atoms with van der Waals surface area (Å²) in [6.07, 6.45) is 4.27. The van der Waals surface area contributed by atoms with Gasteiger partial charge in [0.05, 0.1) is 30.1 Å². The maximum absolute atomic E-state index is 13.3. The largest absolute Gasteiger partial charge is 0.461 e. The molecule has 2 unspecified atom stereocenters. The van der Waals surface area contributed by atoms with Crippen LogP contribution in [0.15, 0.2) is 42.5 Å². The number of carbonyl (C=O) groups is 2. The van der Waals surface area contributed by atoms with Crippen LogP contribution in [0.2, 0.25) is 0 Å². The first-order valence-electron chi connectivity index (χ1n) is 13.0. The van der Waals surface area contributed by atoms with Gasteiger partial charge in [-0.25, -0.2) is 0 Å². The number of rotatable bonds is 14. The quantitative estimate of drug-likeness (QED) is 0.241. The molecule has 3 atom stereocenters. The number of ether oxygens (including phenoxy) is 1. The average molecular weight is 493 g/mol. The van der Waals surface area contributed by atoms with Crippen LogP contribution in [-0.4, -0.2) is 23.1 Å². The van der Waals surface area contributed by atoms with E-state index in [-0.39, 0.29) is 30.8 Å². The molecule has 6 heteroatoms. The van der Waals surface area contributed by atoms with Crippen molar-refractivity contribution in [3.8, 4) is 6.07 Å². The topological polar surface area (TPSA) is 99.4 Å². The van der Waals surface area contributed by atoms with E-state index in [1.807, 2.05) is 51.1 Å². The van der Waals surface area contributed by atoms with Gasteiger partial charge < -0.3 is 15.2 Å². The Morgan fingerprint density at radius 3 is 2.31 bits per heavy atom. The molecule has 2 aromatic carbocycles. The molecule has 0 heterocycles. The second-order valence-electron chi connectivity index (χ2n) is 9.55. The van der Waals surface area contributed by atoms with Crippen LogP contribution in [0.5, 0.6) is 0 Å². The normalized spacial score (nSPS) is 13.3. The van der Waals surface area contributed by atoms with Crippen LogP contribution >= 0.6 is 0 Å². The molecule has 6 nitrogen and oxygen atoms in total. The lowest BCUT2D eigenvalue weighted by molar-refractivity contribution is -0.148. The van der Waals surface area contributed by atoms with Crippen LogP contribution < -0.4 is 5.32 Å². The van der Waals surface area contributed by atoms with Crippen molar-refractivity contribution < 1.29 is 19.4 Å². The molecule has 2 N–H and O–H groups in total. The monoisotopic (exact) mass is 492 g/mol. The summed E-state index contributed by atoms with van der Waals surface area (Å²) in [5.74, 6) is -1.69. The lowest BCUT2D eigenvalue weighted by atomic mass is 9.83. The molecule has 36 heavy (non-hydrogen) atoms. The van der Waals surface area contributed by atoms with E-state index in [9.17, 15) is 20.0 Å². The van der Waals surface area contributed by atoms with Gasteiger partial charge in [0.2, 0.25) is 5.91 Å². The lowest BCUT2D eigenvalue weighted by Gasteiger charge is -2.29. The summed E-state index contributed by atoms with van der Waals surface area (Å²) >= 11 is 0. The number of esters is 1. The van der Waals surface area contributed by atoms with Gasteiger partial charge in [-0.05, 0) is 61.4 Å². The van der Waals surface area contributed by atoms with E-state index in [2.05, 4.69) is 18.3 Å². The van der Waals surface area contributed by atoms with E-state index in [0.717, 1.165) is 42.4 Å². The number of anilines is 1. The number of aliphatic hydroxyl groups excluding tert-OH is 1. The Morgan fingerprint density at radius 2 is 1.72 bits per heavy atom. The third-order valence-corrected chi connectivity index (χ3v) is 6.68. The number of nitriles is 1. The highest BCUT2D eigenvalue weighted by Gasteiger charge is 2.33. The zero-order chi connectivity index (χ0) is 26.5. The standard InChI is InChI=1S/C30H40N2O4/c1-5-7-8-12-15-25(18-27(33)36-20-23-13-10-9-11-14-23)29(34)26(6-2)30(35)32-28-21(3)16-24(19-31)17-22(28)4/h9-11,13-14,16-17,25-26,29,34H,5-8,12,15,18,20H2,1-4H3,(H,32,35)/t25?,26?,29-/m0/s1. The van der Waals surface area contributed by atoms with Crippen LogP contribution in [0.3, 0.4) is 0 Å². The molecule has 0 saturated carbocycles. The van der Waals surface area contributed by atoms with Gasteiger partial charge in [-0.3, -0.25) is 9.59 Å². The Morgan fingerprint density at radius 1 is 1.06 bits per heavy atom. The first-order valence-corrected chi connectivity index (χ1v) is 13.0.